The number of nitrogens with zero attached hydrogens (tertiary/aromatic N) is 3. The molecule has 1 aromatic rings. The van der Waals surface area contributed by atoms with Crippen molar-refractivity contribution >= 4 is 15.9 Å². The third-order valence-electron chi connectivity index (χ3n) is 2.98. The summed E-state index contributed by atoms with van der Waals surface area (Å²) in [5.74, 6) is -0.220. The molecule has 0 spiro atoms. The summed E-state index contributed by atoms with van der Waals surface area (Å²) in [5, 5.41) is 6.81. The molecule has 18 heavy (non-hydrogen) atoms. The van der Waals surface area contributed by atoms with Crippen molar-refractivity contribution in [3.05, 3.63) is 17.0 Å². The average molecular weight is 272 g/mol. The number of H-pyrrole nitrogens is 1. The van der Waals surface area contributed by atoms with E-state index in [4.69, 9.17) is 0 Å². The van der Waals surface area contributed by atoms with Gasteiger partial charge in [-0.25, -0.2) is 8.42 Å². The minimum Gasteiger partial charge on any atom is -0.343 e. The molecule has 0 saturated carbocycles. The zero-order valence-electron chi connectivity index (χ0n) is 10.6. The molecule has 2 heterocycles. The van der Waals surface area contributed by atoms with Gasteiger partial charge in [-0.15, -0.1) is 0 Å². The van der Waals surface area contributed by atoms with Gasteiger partial charge < -0.3 is 4.90 Å². The lowest BCUT2D eigenvalue weighted by atomic mass is 10.1. The van der Waals surface area contributed by atoms with Gasteiger partial charge in [0, 0.05) is 44.9 Å². The van der Waals surface area contributed by atoms with Crippen LogP contribution in [0.15, 0.2) is 0 Å². The molecule has 7 nitrogen and oxygen atoms in total. The predicted molar refractivity (Wildman–Crippen MR) is 65.6 cm³/mol. The minimum absolute atomic E-state index is 0.208. The highest BCUT2D eigenvalue weighted by Crippen LogP contribution is 2.22. The quantitative estimate of drug-likeness (QED) is 0.781. The molecular formula is C10H16N4O3S. The topological polar surface area (TPSA) is 86.4 Å². The first-order valence-corrected chi connectivity index (χ1v) is 7.38. The van der Waals surface area contributed by atoms with E-state index in [0.717, 1.165) is 5.69 Å². The smallest absolute Gasteiger partial charge is 0.274 e. The maximum atomic E-state index is 11.9. The van der Waals surface area contributed by atoms with Gasteiger partial charge in [0.25, 0.3) is 5.91 Å². The number of aromatic nitrogens is 2. The Labute approximate surface area is 106 Å². The largest absolute Gasteiger partial charge is 0.343 e. The Morgan fingerprint density at radius 2 is 2.11 bits per heavy atom. The molecule has 1 aromatic heterocycles. The molecule has 1 N–H and O–H groups in total. The second-order valence-corrected chi connectivity index (χ2v) is 6.56. The van der Waals surface area contributed by atoms with Crippen LogP contribution in [0.1, 0.15) is 21.7 Å². The van der Waals surface area contributed by atoms with Gasteiger partial charge >= 0.3 is 0 Å². The summed E-state index contributed by atoms with van der Waals surface area (Å²) in [4.78, 5) is 13.3. The first kappa shape index (κ1) is 13.0. The van der Waals surface area contributed by atoms with Gasteiger partial charge in [-0.2, -0.15) is 9.40 Å². The molecule has 2 rings (SSSR count). The van der Waals surface area contributed by atoms with Crippen LogP contribution in [0.5, 0.6) is 0 Å². The molecular weight excluding hydrogens is 256 g/mol. The van der Waals surface area contributed by atoms with Gasteiger partial charge in [0.05, 0.1) is 6.26 Å². The monoisotopic (exact) mass is 272 g/mol. The van der Waals surface area contributed by atoms with Gasteiger partial charge in [0.15, 0.2) is 5.69 Å². The summed E-state index contributed by atoms with van der Waals surface area (Å²) in [5.41, 5.74) is 1.84. The van der Waals surface area contributed by atoms with E-state index in [2.05, 4.69) is 10.2 Å². The molecule has 0 radical (unpaired) electrons. The van der Waals surface area contributed by atoms with E-state index in [-0.39, 0.29) is 12.5 Å². The fraction of sp³-hybridized carbons (Fsp3) is 0.600. The van der Waals surface area contributed by atoms with Crippen molar-refractivity contribution in [2.24, 2.45) is 0 Å². The Kier molecular flexibility index (Phi) is 3.16. The maximum absolute atomic E-state index is 11.9. The van der Waals surface area contributed by atoms with Gasteiger partial charge in [-0.1, -0.05) is 0 Å². The van der Waals surface area contributed by atoms with Crippen LogP contribution in [-0.2, 0) is 23.0 Å². The van der Waals surface area contributed by atoms with Gasteiger partial charge in [0.2, 0.25) is 10.0 Å². The summed E-state index contributed by atoms with van der Waals surface area (Å²) in [7, 11) is 0.0365. The first-order valence-electron chi connectivity index (χ1n) is 5.53. The van der Waals surface area contributed by atoms with E-state index >= 15 is 0 Å². The van der Waals surface area contributed by atoms with Crippen molar-refractivity contribution < 1.29 is 13.2 Å². The van der Waals surface area contributed by atoms with Crippen LogP contribution in [-0.4, -0.2) is 60.6 Å². The predicted octanol–water partition coefficient (Wildman–Crippen LogP) is -0.571. The maximum Gasteiger partial charge on any atom is 0.274 e. The van der Waals surface area contributed by atoms with Crippen LogP contribution in [0.4, 0.5) is 0 Å². The number of sulfonamides is 1. The Bertz CT molecular complexity index is 576. The van der Waals surface area contributed by atoms with E-state index in [1.54, 1.807) is 14.1 Å². The Balaban J connectivity index is 2.36. The molecule has 0 saturated heterocycles. The van der Waals surface area contributed by atoms with Gasteiger partial charge in [0.1, 0.15) is 0 Å². The fourth-order valence-electron chi connectivity index (χ4n) is 1.94. The molecule has 0 aromatic carbocycles. The molecule has 0 fully saturated rings. The molecule has 8 heteroatoms. The SMILES string of the molecule is CN(C)C(=O)c1n[nH]c2c1CN(S(C)(=O)=O)CC2. The Morgan fingerprint density at radius 1 is 1.44 bits per heavy atom. The van der Waals surface area contributed by atoms with Crippen molar-refractivity contribution in [2.75, 3.05) is 26.9 Å². The standard InChI is InChI=1S/C10H16N4O3S/c1-13(2)10(15)9-7-6-14(18(3,16)17)5-4-8(7)11-12-9/h4-6H2,1-3H3,(H,11,12). The molecule has 1 amide bonds. The summed E-state index contributed by atoms with van der Waals surface area (Å²) >= 11 is 0. The van der Waals surface area contributed by atoms with Crippen LogP contribution >= 0.6 is 0 Å². The van der Waals surface area contributed by atoms with Crippen molar-refractivity contribution in [3.8, 4) is 0 Å². The number of aromatic amines is 1. The summed E-state index contributed by atoms with van der Waals surface area (Å²) in [6.07, 6.45) is 1.72. The molecule has 0 unspecified atom stereocenters. The summed E-state index contributed by atoms with van der Waals surface area (Å²) in [6.45, 7) is 0.628. The second kappa shape index (κ2) is 4.36. The number of carbonyl (C=O) groups excluding carboxylic acids is 1. The highest BCUT2D eigenvalue weighted by molar-refractivity contribution is 7.88. The van der Waals surface area contributed by atoms with Crippen LogP contribution in [0.3, 0.4) is 0 Å². The second-order valence-electron chi connectivity index (χ2n) is 4.58. The van der Waals surface area contributed by atoms with Crippen LogP contribution < -0.4 is 0 Å². The van der Waals surface area contributed by atoms with E-state index in [1.807, 2.05) is 0 Å². The Hall–Kier alpha value is -1.41. The fourth-order valence-corrected chi connectivity index (χ4v) is 2.73. The molecule has 0 bridgehead atoms. The highest BCUT2D eigenvalue weighted by atomic mass is 32.2. The number of carbonyl (C=O) groups is 1. The van der Waals surface area contributed by atoms with Crippen molar-refractivity contribution in [2.45, 2.75) is 13.0 Å². The van der Waals surface area contributed by atoms with E-state index in [0.29, 0.717) is 24.2 Å². The summed E-state index contributed by atoms with van der Waals surface area (Å²) < 4.78 is 24.4. The number of nitrogens with one attached hydrogen (secondary N) is 1. The number of fused-ring (bicyclic) bond motifs is 1. The van der Waals surface area contributed by atoms with Crippen LogP contribution in [0.25, 0.3) is 0 Å². The molecule has 0 aliphatic carbocycles. The third-order valence-corrected chi connectivity index (χ3v) is 4.23. The minimum atomic E-state index is -3.24. The third kappa shape index (κ3) is 2.25. The van der Waals surface area contributed by atoms with E-state index in [9.17, 15) is 13.2 Å². The average Bonchev–Trinajstić information content (AvgIpc) is 2.69. The van der Waals surface area contributed by atoms with Crippen molar-refractivity contribution in [1.29, 1.82) is 0 Å². The number of hydrogen-bond acceptors (Lipinski definition) is 4. The van der Waals surface area contributed by atoms with Crippen LogP contribution in [0, 0.1) is 0 Å². The number of rotatable bonds is 2. The highest BCUT2D eigenvalue weighted by Gasteiger charge is 2.29. The lowest BCUT2D eigenvalue weighted by Crippen LogP contribution is -2.36. The lowest BCUT2D eigenvalue weighted by Gasteiger charge is -2.24. The van der Waals surface area contributed by atoms with Crippen molar-refractivity contribution in [1.82, 2.24) is 19.4 Å². The molecule has 0 atom stereocenters. The molecule has 1 aliphatic heterocycles. The van der Waals surface area contributed by atoms with E-state index < -0.39 is 10.0 Å². The first-order chi connectivity index (χ1) is 8.30. The zero-order chi connectivity index (χ0) is 13.5. The van der Waals surface area contributed by atoms with Gasteiger partial charge in [-0.3, -0.25) is 9.89 Å². The molecule has 100 valence electrons. The van der Waals surface area contributed by atoms with Gasteiger partial charge in [-0.05, 0) is 0 Å². The Morgan fingerprint density at radius 3 is 2.67 bits per heavy atom. The number of hydrogen-bond donors (Lipinski definition) is 1. The summed E-state index contributed by atoms with van der Waals surface area (Å²) in [6, 6.07) is 0. The number of amides is 1. The van der Waals surface area contributed by atoms with E-state index in [1.165, 1.54) is 15.5 Å². The zero-order valence-corrected chi connectivity index (χ0v) is 11.4. The van der Waals surface area contributed by atoms with Crippen molar-refractivity contribution in [3.63, 3.8) is 0 Å². The normalized spacial score (nSPS) is 16.4. The molecule has 1 aliphatic rings. The van der Waals surface area contributed by atoms with Crippen LogP contribution in [0.2, 0.25) is 0 Å². The lowest BCUT2D eigenvalue weighted by molar-refractivity contribution is 0.0820.